The van der Waals surface area contributed by atoms with Crippen LogP contribution in [0.1, 0.15) is 23.9 Å². The highest BCUT2D eigenvalue weighted by Crippen LogP contribution is 2.24. The van der Waals surface area contributed by atoms with Gasteiger partial charge in [-0.15, -0.1) is 22.7 Å². The Morgan fingerprint density at radius 1 is 1.04 bits per heavy atom. The first-order valence-electron chi connectivity index (χ1n) is 8.45. The average molecular weight is 402 g/mol. The van der Waals surface area contributed by atoms with Crippen LogP contribution in [0.4, 0.5) is 5.13 Å². The number of hydrogen-bond acceptors (Lipinski definition) is 7. The van der Waals surface area contributed by atoms with Gasteiger partial charge in [0.05, 0.1) is 30.8 Å². The summed E-state index contributed by atoms with van der Waals surface area (Å²) in [5, 5.41) is 7.74. The predicted molar refractivity (Wildman–Crippen MR) is 107 cm³/mol. The van der Waals surface area contributed by atoms with Gasteiger partial charge in [-0.3, -0.25) is 9.59 Å². The molecule has 0 aliphatic rings. The number of ether oxygens (including phenoxy) is 1. The molecule has 0 fully saturated rings. The Kier molecular flexibility index (Phi) is 6.31. The van der Waals surface area contributed by atoms with Crippen molar-refractivity contribution in [1.29, 1.82) is 0 Å². The standard InChI is InChI=1S/C19H19N3O3S2/c1-3-25-17(24)9-15-11-27-19(21-15)22-16(23)8-14-10-26-18(20-14)13-6-4-12(2)5-7-13/h4-7,10-11H,3,8-9H2,1-2H3,(H,21,22,23). The molecule has 8 heteroatoms. The zero-order valence-electron chi connectivity index (χ0n) is 15.0. The van der Waals surface area contributed by atoms with E-state index in [9.17, 15) is 9.59 Å². The van der Waals surface area contributed by atoms with Crippen molar-refractivity contribution in [1.82, 2.24) is 9.97 Å². The molecular formula is C19H19N3O3S2. The van der Waals surface area contributed by atoms with Gasteiger partial charge in [-0.25, -0.2) is 9.97 Å². The second-order valence-corrected chi connectivity index (χ2v) is 7.58. The van der Waals surface area contributed by atoms with Gasteiger partial charge in [-0.05, 0) is 13.8 Å². The van der Waals surface area contributed by atoms with E-state index >= 15 is 0 Å². The summed E-state index contributed by atoms with van der Waals surface area (Å²) in [4.78, 5) is 32.5. The quantitative estimate of drug-likeness (QED) is 0.608. The van der Waals surface area contributed by atoms with E-state index in [1.54, 1.807) is 12.3 Å². The van der Waals surface area contributed by atoms with Crippen molar-refractivity contribution in [3.8, 4) is 10.6 Å². The third-order valence-corrected chi connectivity index (χ3v) is 5.37. The summed E-state index contributed by atoms with van der Waals surface area (Å²) < 4.78 is 4.89. The molecule has 2 aromatic heterocycles. The Morgan fingerprint density at radius 3 is 2.48 bits per heavy atom. The fourth-order valence-corrected chi connectivity index (χ4v) is 3.90. The van der Waals surface area contributed by atoms with Gasteiger partial charge < -0.3 is 10.1 Å². The Hall–Kier alpha value is -2.58. The van der Waals surface area contributed by atoms with Gasteiger partial charge in [-0.2, -0.15) is 0 Å². The minimum Gasteiger partial charge on any atom is -0.466 e. The minimum atomic E-state index is -0.327. The van der Waals surface area contributed by atoms with E-state index in [1.165, 1.54) is 28.2 Å². The van der Waals surface area contributed by atoms with Gasteiger partial charge in [-0.1, -0.05) is 29.8 Å². The Labute approximate surface area is 165 Å². The van der Waals surface area contributed by atoms with Crippen LogP contribution >= 0.6 is 22.7 Å². The summed E-state index contributed by atoms with van der Waals surface area (Å²) in [6.07, 6.45) is 0.279. The number of esters is 1. The first-order valence-corrected chi connectivity index (χ1v) is 10.2. The van der Waals surface area contributed by atoms with Gasteiger partial charge >= 0.3 is 5.97 Å². The number of anilines is 1. The smallest absolute Gasteiger partial charge is 0.311 e. The van der Waals surface area contributed by atoms with Crippen molar-refractivity contribution >= 4 is 39.7 Å². The molecule has 6 nitrogen and oxygen atoms in total. The number of nitrogens with one attached hydrogen (secondary N) is 1. The molecule has 1 amide bonds. The summed E-state index contributed by atoms with van der Waals surface area (Å²) in [6, 6.07) is 8.14. The molecule has 0 aliphatic carbocycles. The van der Waals surface area contributed by atoms with E-state index < -0.39 is 0 Å². The van der Waals surface area contributed by atoms with Gasteiger partial charge in [0.1, 0.15) is 5.01 Å². The Balaban J connectivity index is 1.56. The zero-order chi connectivity index (χ0) is 19.2. The molecule has 0 atom stereocenters. The summed E-state index contributed by atoms with van der Waals surface area (Å²) in [6.45, 7) is 4.14. The van der Waals surface area contributed by atoms with Crippen molar-refractivity contribution in [3.05, 3.63) is 52.0 Å². The van der Waals surface area contributed by atoms with E-state index in [1.807, 2.05) is 36.6 Å². The number of carbonyl (C=O) groups is 2. The molecular weight excluding hydrogens is 382 g/mol. The van der Waals surface area contributed by atoms with Gasteiger partial charge in [0.15, 0.2) is 5.13 Å². The average Bonchev–Trinajstić information content (AvgIpc) is 3.25. The van der Waals surface area contributed by atoms with Crippen molar-refractivity contribution in [3.63, 3.8) is 0 Å². The maximum atomic E-state index is 12.2. The second-order valence-electron chi connectivity index (χ2n) is 5.86. The molecule has 27 heavy (non-hydrogen) atoms. The highest BCUT2D eigenvalue weighted by Gasteiger charge is 2.13. The highest BCUT2D eigenvalue weighted by atomic mass is 32.1. The van der Waals surface area contributed by atoms with E-state index in [0.717, 1.165) is 16.3 Å². The van der Waals surface area contributed by atoms with Crippen LogP contribution in [0.15, 0.2) is 35.0 Å². The maximum absolute atomic E-state index is 12.2. The minimum absolute atomic E-state index is 0.103. The first-order chi connectivity index (χ1) is 13.0. The van der Waals surface area contributed by atoms with Gasteiger partial charge in [0.2, 0.25) is 5.91 Å². The monoisotopic (exact) mass is 401 g/mol. The molecule has 1 aromatic carbocycles. The Morgan fingerprint density at radius 2 is 1.74 bits per heavy atom. The predicted octanol–water partition coefficient (Wildman–Crippen LogP) is 3.86. The molecule has 3 aromatic rings. The molecule has 0 saturated carbocycles. The fourth-order valence-electron chi connectivity index (χ4n) is 2.35. The third kappa shape index (κ3) is 5.45. The molecule has 0 unspecified atom stereocenters. The molecule has 3 rings (SSSR count). The summed E-state index contributed by atoms with van der Waals surface area (Å²) in [7, 11) is 0. The van der Waals surface area contributed by atoms with E-state index in [0.29, 0.717) is 17.4 Å². The van der Waals surface area contributed by atoms with Crippen LogP contribution in [0.3, 0.4) is 0 Å². The maximum Gasteiger partial charge on any atom is 0.311 e. The van der Waals surface area contributed by atoms with Crippen molar-refractivity contribution in [2.45, 2.75) is 26.7 Å². The zero-order valence-corrected chi connectivity index (χ0v) is 16.7. The van der Waals surface area contributed by atoms with E-state index in [4.69, 9.17) is 4.74 Å². The highest BCUT2D eigenvalue weighted by molar-refractivity contribution is 7.14. The number of aromatic nitrogens is 2. The van der Waals surface area contributed by atoms with Crippen LogP contribution < -0.4 is 5.32 Å². The Bertz CT molecular complexity index is 932. The number of rotatable bonds is 7. The van der Waals surface area contributed by atoms with E-state index in [2.05, 4.69) is 15.3 Å². The first kappa shape index (κ1) is 19.2. The topological polar surface area (TPSA) is 81.2 Å². The summed E-state index contributed by atoms with van der Waals surface area (Å²) in [5.74, 6) is -0.514. The number of thiazole rings is 2. The van der Waals surface area contributed by atoms with Crippen LogP contribution in [0.2, 0.25) is 0 Å². The fraction of sp³-hybridized carbons (Fsp3) is 0.263. The van der Waals surface area contributed by atoms with Crippen LogP contribution in [0.25, 0.3) is 10.6 Å². The van der Waals surface area contributed by atoms with Gasteiger partial charge in [0, 0.05) is 16.3 Å². The largest absolute Gasteiger partial charge is 0.466 e. The number of amides is 1. The summed E-state index contributed by atoms with van der Waals surface area (Å²) >= 11 is 2.80. The number of hydrogen-bond donors (Lipinski definition) is 1. The van der Waals surface area contributed by atoms with Crippen molar-refractivity contribution < 1.29 is 14.3 Å². The lowest BCUT2D eigenvalue weighted by Gasteiger charge is -2.00. The number of carbonyl (C=O) groups excluding carboxylic acids is 2. The normalized spacial score (nSPS) is 10.6. The van der Waals surface area contributed by atoms with Gasteiger partial charge in [0.25, 0.3) is 0 Å². The molecule has 0 radical (unpaired) electrons. The summed E-state index contributed by atoms with van der Waals surface area (Å²) in [5.41, 5.74) is 3.54. The van der Waals surface area contributed by atoms with Crippen LogP contribution in [-0.4, -0.2) is 28.5 Å². The molecule has 140 valence electrons. The molecule has 1 N–H and O–H groups in total. The molecule has 0 saturated heterocycles. The van der Waals surface area contributed by atoms with E-state index in [-0.39, 0.29) is 24.7 Å². The number of nitrogens with zero attached hydrogens (tertiary/aromatic N) is 2. The SMILES string of the molecule is CCOC(=O)Cc1csc(NC(=O)Cc2csc(-c3ccc(C)cc3)n2)n1. The van der Waals surface area contributed by atoms with Crippen LogP contribution in [0, 0.1) is 6.92 Å². The molecule has 0 bridgehead atoms. The molecule has 0 aliphatic heterocycles. The van der Waals surface area contributed by atoms with Crippen LogP contribution in [-0.2, 0) is 27.2 Å². The molecule has 2 heterocycles. The number of aryl methyl sites for hydroxylation is 1. The second kappa shape index (κ2) is 8.88. The van der Waals surface area contributed by atoms with Crippen molar-refractivity contribution in [2.75, 3.05) is 11.9 Å². The lowest BCUT2D eigenvalue weighted by molar-refractivity contribution is -0.142. The number of benzene rings is 1. The lowest BCUT2D eigenvalue weighted by atomic mass is 10.2. The molecule has 0 spiro atoms. The van der Waals surface area contributed by atoms with Crippen LogP contribution in [0.5, 0.6) is 0 Å². The van der Waals surface area contributed by atoms with Crippen molar-refractivity contribution in [2.24, 2.45) is 0 Å². The lowest BCUT2D eigenvalue weighted by Crippen LogP contribution is -2.14. The third-order valence-electron chi connectivity index (χ3n) is 3.62.